The number of nitrogens with one attached hydrogen (secondary N) is 2. The molecule has 218 valence electrons. The number of hydrogen-bond acceptors (Lipinski definition) is 6. The number of ether oxygens (including phenoxy) is 2. The van der Waals surface area contributed by atoms with Gasteiger partial charge < -0.3 is 20.1 Å². The second kappa shape index (κ2) is 13.9. The summed E-state index contributed by atoms with van der Waals surface area (Å²) >= 11 is 6.14. The molecular weight excluding hydrogens is 578 g/mol. The molecule has 0 fully saturated rings. The minimum absolute atomic E-state index is 0.0204. The van der Waals surface area contributed by atoms with Crippen molar-refractivity contribution < 1.29 is 27.5 Å². The minimum Gasteiger partial charge on any atom is -0.493 e. The Morgan fingerprint density at radius 3 is 2.26 bits per heavy atom. The Labute approximate surface area is 250 Å². The molecule has 2 amide bonds. The average molecular weight is 608 g/mol. The van der Waals surface area contributed by atoms with Crippen LogP contribution in [-0.2, 0) is 21.2 Å². The van der Waals surface area contributed by atoms with Crippen molar-refractivity contribution in [3.63, 3.8) is 0 Å². The molecule has 0 heterocycles. The topological polar surface area (TPSA) is 114 Å². The van der Waals surface area contributed by atoms with Crippen LogP contribution in [0.2, 0.25) is 5.02 Å². The molecule has 4 rings (SSSR count). The molecule has 42 heavy (non-hydrogen) atoms. The predicted octanol–water partition coefficient (Wildman–Crippen LogP) is 5.16. The largest absolute Gasteiger partial charge is 0.493 e. The van der Waals surface area contributed by atoms with E-state index in [1.54, 1.807) is 80.9 Å². The number of rotatable bonds is 12. The van der Waals surface area contributed by atoms with Gasteiger partial charge in [-0.3, -0.25) is 13.9 Å². The van der Waals surface area contributed by atoms with Gasteiger partial charge in [-0.15, -0.1) is 0 Å². The number of benzene rings is 4. The lowest BCUT2D eigenvalue weighted by atomic mass is 10.1. The summed E-state index contributed by atoms with van der Waals surface area (Å²) < 4.78 is 38.7. The molecule has 2 N–H and O–H groups in total. The Hall–Kier alpha value is -4.54. The number of amides is 2. The molecule has 4 aromatic rings. The van der Waals surface area contributed by atoms with Crippen LogP contribution in [0.3, 0.4) is 0 Å². The normalized spacial score (nSPS) is 10.9. The highest BCUT2D eigenvalue weighted by Gasteiger charge is 2.27. The molecule has 0 saturated carbocycles. The lowest BCUT2D eigenvalue weighted by Gasteiger charge is -2.24. The monoisotopic (exact) mass is 607 g/mol. The van der Waals surface area contributed by atoms with Crippen LogP contribution in [0.5, 0.6) is 11.5 Å². The van der Waals surface area contributed by atoms with E-state index in [4.69, 9.17) is 21.1 Å². The number of anilines is 2. The van der Waals surface area contributed by atoms with Crippen molar-refractivity contribution in [2.24, 2.45) is 0 Å². The summed E-state index contributed by atoms with van der Waals surface area (Å²) in [7, 11) is -0.999. The quantitative estimate of drug-likeness (QED) is 0.230. The van der Waals surface area contributed by atoms with E-state index in [1.165, 1.54) is 18.2 Å². The number of methoxy groups -OCH3 is 2. The third kappa shape index (κ3) is 7.39. The van der Waals surface area contributed by atoms with Gasteiger partial charge in [0.15, 0.2) is 11.5 Å². The van der Waals surface area contributed by atoms with Crippen molar-refractivity contribution in [1.29, 1.82) is 0 Å². The summed E-state index contributed by atoms with van der Waals surface area (Å²) in [6.45, 7) is -0.221. The van der Waals surface area contributed by atoms with Gasteiger partial charge in [-0.25, -0.2) is 8.42 Å². The maximum atomic E-state index is 13.5. The summed E-state index contributed by atoms with van der Waals surface area (Å²) in [5.41, 5.74) is 1.64. The van der Waals surface area contributed by atoms with E-state index in [0.717, 1.165) is 9.87 Å². The Morgan fingerprint density at radius 1 is 0.833 bits per heavy atom. The smallest absolute Gasteiger partial charge is 0.264 e. The highest BCUT2D eigenvalue weighted by molar-refractivity contribution is 7.92. The maximum Gasteiger partial charge on any atom is 0.264 e. The van der Waals surface area contributed by atoms with E-state index < -0.39 is 28.4 Å². The van der Waals surface area contributed by atoms with Crippen molar-refractivity contribution in [2.75, 3.05) is 36.9 Å². The van der Waals surface area contributed by atoms with Crippen molar-refractivity contribution in [1.82, 2.24) is 5.32 Å². The van der Waals surface area contributed by atoms with Gasteiger partial charge in [0.05, 0.1) is 36.1 Å². The number of halogens is 1. The van der Waals surface area contributed by atoms with Crippen LogP contribution in [0.15, 0.2) is 102 Å². The highest BCUT2D eigenvalue weighted by atomic mass is 35.5. The molecule has 0 spiro atoms. The number of carbonyl (C=O) groups excluding carboxylic acids is 2. The van der Waals surface area contributed by atoms with Crippen LogP contribution < -0.4 is 24.4 Å². The molecule has 11 heteroatoms. The number of para-hydroxylation sites is 1. The number of nitrogens with zero attached hydrogens (tertiary/aromatic N) is 1. The average Bonchev–Trinajstić information content (AvgIpc) is 3.00. The minimum atomic E-state index is -4.11. The van der Waals surface area contributed by atoms with Crippen LogP contribution in [0.4, 0.5) is 11.4 Å². The second-order valence-electron chi connectivity index (χ2n) is 9.09. The van der Waals surface area contributed by atoms with Crippen molar-refractivity contribution >= 4 is 44.8 Å². The first-order valence-electron chi connectivity index (χ1n) is 12.9. The zero-order chi connectivity index (χ0) is 30.1. The van der Waals surface area contributed by atoms with Crippen molar-refractivity contribution in [3.8, 4) is 11.5 Å². The van der Waals surface area contributed by atoms with E-state index in [-0.39, 0.29) is 21.8 Å². The first-order chi connectivity index (χ1) is 20.2. The Kier molecular flexibility index (Phi) is 10.1. The van der Waals surface area contributed by atoms with Crippen LogP contribution in [0, 0.1) is 0 Å². The van der Waals surface area contributed by atoms with Crippen molar-refractivity contribution in [2.45, 2.75) is 11.3 Å². The van der Waals surface area contributed by atoms with Crippen LogP contribution >= 0.6 is 11.6 Å². The van der Waals surface area contributed by atoms with E-state index in [0.29, 0.717) is 29.5 Å². The molecule has 0 radical (unpaired) electrons. The molecule has 9 nitrogen and oxygen atoms in total. The molecule has 4 aromatic carbocycles. The van der Waals surface area contributed by atoms with Gasteiger partial charge in [0, 0.05) is 11.6 Å². The molecule has 0 unspecified atom stereocenters. The summed E-state index contributed by atoms with van der Waals surface area (Å²) in [6, 6.07) is 26.1. The first-order valence-corrected chi connectivity index (χ1v) is 14.8. The van der Waals surface area contributed by atoms with Crippen LogP contribution in [0.1, 0.15) is 15.9 Å². The number of carbonyl (C=O) groups is 2. The van der Waals surface area contributed by atoms with E-state index >= 15 is 0 Å². The van der Waals surface area contributed by atoms with E-state index in [9.17, 15) is 18.0 Å². The molecule has 0 bridgehead atoms. The van der Waals surface area contributed by atoms with Gasteiger partial charge in [0.1, 0.15) is 6.54 Å². The molecule has 0 aliphatic heterocycles. The fraction of sp³-hybridized carbons (Fsp3) is 0.161. The Morgan fingerprint density at radius 2 is 1.55 bits per heavy atom. The first kappa shape index (κ1) is 30.4. The summed E-state index contributed by atoms with van der Waals surface area (Å²) in [4.78, 5) is 26.3. The maximum absolute atomic E-state index is 13.5. The highest BCUT2D eigenvalue weighted by Crippen LogP contribution is 2.28. The zero-order valence-corrected chi connectivity index (χ0v) is 24.6. The third-order valence-corrected chi connectivity index (χ3v) is 8.33. The lowest BCUT2D eigenvalue weighted by molar-refractivity contribution is -0.114. The van der Waals surface area contributed by atoms with Gasteiger partial charge >= 0.3 is 0 Å². The lowest BCUT2D eigenvalue weighted by Crippen LogP contribution is -2.38. The fourth-order valence-electron chi connectivity index (χ4n) is 4.23. The molecular formula is C31H30ClN3O6S. The van der Waals surface area contributed by atoms with E-state index in [2.05, 4.69) is 10.6 Å². The SMILES string of the molecule is COc1ccc(CCNC(=O)c2ccccc2NC(=O)CN(c2cccc(Cl)c2)S(=O)(=O)c2ccccc2)cc1OC. The standard InChI is InChI=1S/C31H30ClN3O6S/c1-40-28-16-15-22(19-29(28)41-2)17-18-33-31(37)26-13-6-7-14-27(26)34-30(36)21-35(24-10-8-9-23(32)20-24)42(38,39)25-11-4-3-5-12-25/h3-16,19-20H,17-18,21H2,1-2H3,(H,33,37)(H,34,36). The number of hydrogen-bond donors (Lipinski definition) is 2. The van der Waals surface area contributed by atoms with Crippen molar-refractivity contribution in [3.05, 3.63) is 113 Å². The zero-order valence-electron chi connectivity index (χ0n) is 23.0. The van der Waals surface area contributed by atoms with Gasteiger partial charge in [-0.2, -0.15) is 0 Å². The Balaban J connectivity index is 1.48. The van der Waals surface area contributed by atoms with Gasteiger partial charge in [0.2, 0.25) is 5.91 Å². The molecule has 0 aliphatic carbocycles. The van der Waals surface area contributed by atoms with E-state index in [1.807, 2.05) is 12.1 Å². The predicted molar refractivity (Wildman–Crippen MR) is 163 cm³/mol. The summed E-state index contributed by atoms with van der Waals surface area (Å²) in [5, 5.41) is 5.87. The third-order valence-electron chi connectivity index (χ3n) is 6.31. The summed E-state index contributed by atoms with van der Waals surface area (Å²) in [5.74, 6) is 0.172. The molecule has 0 aliphatic rings. The number of sulfonamides is 1. The van der Waals surface area contributed by atoms with Crippen LogP contribution in [-0.4, -0.2) is 47.5 Å². The molecule has 0 saturated heterocycles. The van der Waals surface area contributed by atoms with Gasteiger partial charge in [0.25, 0.3) is 15.9 Å². The molecule has 0 atom stereocenters. The van der Waals surface area contributed by atoms with Gasteiger partial charge in [-0.05, 0) is 66.6 Å². The summed E-state index contributed by atoms with van der Waals surface area (Å²) in [6.07, 6.45) is 0.534. The van der Waals surface area contributed by atoms with Gasteiger partial charge in [-0.1, -0.05) is 54.1 Å². The second-order valence-corrected chi connectivity index (χ2v) is 11.4. The Bertz CT molecular complexity index is 1660. The van der Waals surface area contributed by atoms with Crippen LogP contribution in [0.25, 0.3) is 0 Å². The molecule has 0 aromatic heterocycles. The fourth-order valence-corrected chi connectivity index (χ4v) is 5.85.